The zero-order valence-electron chi connectivity index (χ0n) is 16.2. The van der Waals surface area contributed by atoms with Crippen molar-refractivity contribution >= 4 is 5.96 Å². The highest BCUT2D eigenvalue weighted by Crippen LogP contribution is 2.15. The van der Waals surface area contributed by atoms with E-state index < -0.39 is 6.61 Å². The first kappa shape index (κ1) is 21.3. The lowest BCUT2D eigenvalue weighted by atomic mass is 10.2. The van der Waals surface area contributed by atoms with Crippen LogP contribution in [0.2, 0.25) is 0 Å². The van der Waals surface area contributed by atoms with Crippen molar-refractivity contribution in [2.45, 2.75) is 33.0 Å². The van der Waals surface area contributed by atoms with Crippen molar-refractivity contribution in [3.63, 3.8) is 0 Å². The molecule has 2 rings (SSSR count). The molecule has 1 N–H and O–H groups in total. The van der Waals surface area contributed by atoms with Crippen molar-refractivity contribution in [3.05, 3.63) is 54.6 Å². The lowest BCUT2D eigenvalue weighted by Gasteiger charge is -2.22. The standard InChI is InChI=1S/C19H26F2N6O/c1-4-10-22-19(23-11-12-27-14-24-25-17(27)5-2)26(3)13-15-6-8-16(9-7-15)28-18(20)21/h4,6-9,14,18H,1,5,10-13H2,2-3H3,(H,22,23). The predicted molar refractivity (Wildman–Crippen MR) is 104 cm³/mol. The van der Waals surface area contributed by atoms with Crippen LogP contribution in [-0.2, 0) is 19.5 Å². The van der Waals surface area contributed by atoms with Crippen LogP contribution >= 0.6 is 0 Å². The molecule has 0 unspecified atom stereocenters. The maximum Gasteiger partial charge on any atom is 0.387 e. The summed E-state index contributed by atoms with van der Waals surface area (Å²) in [5.41, 5.74) is 0.948. The molecule has 0 saturated heterocycles. The number of hydrogen-bond donors (Lipinski definition) is 1. The third kappa shape index (κ3) is 6.64. The number of rotatable bonds is 10. The van der Waals surface area contributed by atoms with Gasteiger partial charge >= 0.3 is 6.61 Å². The van der Waals surface area contributed by atoms with Gasteiger partial charge in [0.1, 0.15) is 17.9 Å². The number of aromatic nitrogens is 3. The van der Waals surface area contributed by atoms with Gasteiger partial charge < -0.3 is 19.5 Å². The van der Waals surface area contributed by atoms with E-state index in [0.717, 1.165) is 23.8 Å². The van der Waals surface area contributed by atoms with Gasteiger partial charge in [-0.3, -0.25) is 4.99 Å². The highest BCUT2D eigenvalue weighted by molar-refractivity contribution is 5.79. The Kier molecular flexibility index (Phi) is 8.38. The van der Waals surface area contributed by atoms with Gasteiger partial charge in [-0.25, -0.2) is 0 Å². The maximum absolute atomic E-state index is 12.3. The Morgan fingerprint density at radius 3 is 2.79 bits per heavy atom. The van der Waals surface area contributed by atoms with Gasteiger partial charge in [0.05, 0.1) is 6.54 Å². The summed E-state index contributed by atoms with van der Waals surface area (Å²) in [6, 6.07) is 6.57. The highest BCUT2D eigenvalue weighted by Gasteiger charge is 2.09. The minimum atomic E-state index is -2.82. The maximum atomic E-state index is 12.3. The molecule has 0 aliphatic rings. The Morgan fingerprint density at radius 1 is 1.39 bits per heavy atom. The average Bonchev–Trinajstić information content (AvgIpc) is 3.13. The molecule has 0 radical (unpaired) electrons. The van der Waals surface area contributed by atoms with Gasteiger partial charge in [0, 0.05) is 33.1 Å². The van der Waals surface area contributed by atoms with Gasteiger partial charge in [-0.15, -0.1) is 16.8 Å². The second-order valence-corrected chi connectivity index (χ2v) is 6.05. The second kappa shape index (κ2) is 11.0. The molecule has 1 aromatic carbocycles. The van der Waals surface area contributed by atoms with E-state index in [2.05, 4.69) is 31.8 Å². The van der Waals surface area contributed by atoms with Crippen LogP contribution in [0.25, 0.3) is 0 Å². The van der Waals surface area contributed by atoms with E-state index in [-0.39, 0.29) is 5.75 Å². The fourth-order valence-corrected chi connectivity index (χ4v) is 2.60. The fraction of sp³-hybridized carbons (Fsp3) is 0.421. The molecule has 0 saturated carbocycles. The van der Waals surface area contributed by atoms with Crippen molar-refractivity contribution in [1.82, 2.24) is 25.0 Å². The van der Waals surface area contributed by atoms with Gasteiger partial charge in [0.2, 0.25) is 0 Å². The van der Waals surface area contributed by atoms with Gasteiger partial charge in [-0.2, -0.15) is 8.78 Å². The summed E-state index contributed by atoms with van der Waals surface area (Å²) in [5.74, 6) is 1.79. The summed E-state index contributed by atoms with van der Waals surface area (Å²) in [7, 11) is 1.91. The van der Waals surface area contributed by atoms with Crippen molar-refractivity contribution in [2.75, 3.05) is 20.1 Å². The average molecular weight is 392 g/mol. The van der Waals surface area contributed by atoms with Crippen LogP contribution in [0.15, 0.2) is 48.2 Å². The summed E-state index contributed by atoms with van der Waals surface area (Å²) in [4.78, 5) is 6.61. The summed E-state index contributed by atoms with van der Waals surface area (Å²) < 4.78 is 30.9. The number of nitrogens with zero attached hydrogens (tertiary/aromatic N) is 5. The molecule has 9 heteroatoms. The third-order valence-electron chi connectivity index (χ3n) is 3.95. The number of aryl methyl sites for hydroxylation is 1. The minimum Gasteiger partial charge on any atom is -0.435 e. The molecule has 1 heterocycles. The van der Waals surface area contributed by atoms with Crippen LogP contribution in [0.3, 0.4) is 0 Å². The Bertz CT molecular complexity index is 760. The van der Waals surface area contributed by atoms with Gasteiger partial charge in [0.25, 0.3) is 0 Å². The first-order valence-electron chi connectivity index (χ1n) is 9.04. The summed E-state index contributed by atoms with van der Waals surface area (Å²) >= 11 is 0. The minimum absolute atomic E-state index is 0.140. The lowest BCUT2D eigenvalue weighted by molar-refractivity contribution is -0.0498. The van der Waals surface area contributed by atoms with Crippen LogP contribution in [0, 0.1) is 0 Å². The number of alkyl halides is 2. The van der Waals surface area contributed by atoms with Gasteiger partial charge in [-0.05, 0) is 17.7 Å². The molecule has 0 amide bonds. The van der Waals surface area contributed by atoms with E-state index in [1.807, 2.05) is 23.4 Å². The number of nitrogens with one attached hydrogen (secondary N) is 1. The molecule has 28 heavy (non-hydrogen) atoms. The number of guanidine groups is 1. The molecule has 2 aromatic rings. The first-order valence-corrected chi connectivity index (χ1v) is 9.04. The molecule has 0 aliphatic heterocycles. The zero-order valence-corrected chi connectivity index (χ0v) is 16.2. The predicted octanol–water partition coefficient (Wildman–Crippen LogP) is 2.71. The monoisotopic (exact) mass is 392 g/mol. The summed E-state index contributed by atoms with van der Waals surface area (Å²) in [6.45, 7) is 5.32. The highest BCUT2D eigenvalue weighted by atomic mass is 19.3. The Balaban J connectivity index is 1.99. The van der Waals surface area contributed by atoms with E-state index in [1.54, 1.807) is 24.5 Å². The van der Waals surface area contributed by atoms with E-state index in [9.17, 15) is 8.78 Å². The quantitative estimate of drug-likeness (QED) is 0.383. The van der Waals surface area contributed by atoms with Crippen LogP contribution in [0.4, 0.5) is 8.78 Å². The Labute approximate surface area is 163 Å². The molecule has 7 nitrogen and oxygen atoms in total. The van der Waals surface area contributed by atoms with E-state index in [4.69, 9.17) is 0 Å². The number of aliphatic imine (C=N–C) groups is 1. The number of halogens is 2. The smallest absolute Gasteiger partial charge is 0.387 e. The van der Waals surface area contributed by atoms with Crippen LogP contribution in [0.1, 0.15) is 18.3 Å². The SMILES string of the molecule is C=CCNC(=NCCn1cnnc1CC)N(C)Cc1ccc(OC(F)F)cc1. The third-order valence-corrected chi connectivity index (χ3v) is 3.95. The fourth-order valence-electron chi connectivity index (χ4n) is 2.60. The van der Waals surface area contributed by atoms with Crippen LogP contribution in [-0.4, -0.2) is 52.4 Å². The van der Waals surface area contributed by atoms with Crippen LogP contribution < -0.4 is 10.1 Å². The van der Waals surface area contributed by atoms with Crippen molar-refractivity contribution in [2.24, 2.45) is 4.99 Å². The molecule has 0 fully saturated rings. The number of benzene rings is 1. The number of hydrogen-bond acceptors (Lipinski definition) is 4. The van der Waals surface area contributed by atoms with E-state index in [1.165, 1.54) is 12.1 Å². The molecule has 0 atom stereocenters. The lowest BCUT2D eigenvalue weighted by Crippen LogP contribution is -2.39. The molecular weight excluding hydrogens is 366 g/mol. The Morgan fingerprint density at radius 2 is 2.14 bits per heavy atom. The summed E-state index contributed by atoms with van der Waals surface area (Å²) in [5, 5.41) is 11.2. The van der Waals surface area contributed by atoms with Crippen molar-refractivity contribution < 1.29 is 13.5 Å². The topological polar surface area (TPSA) is 67.6 Å². The molecule has 0 spiro atoms. The van der Waals surface area contributed by atoms with E-state index in [0.29, 0.717) is 26.2 Å². The number of ether oxygens (including phenoxy) is 1. The first-order chi connectivity index (χ1) is 13.5. The molecule has 0 bridgehead atoms. The second-order valence-electron chi connectivity index (χ2n) is 6.05. The molecule has 0 aliphatic carbocycles. The van der Waals surface area contributed by atoms with Gasteiger partial charge in [0.15, 0.2) is 5.96 Å². The normalized spacial score (nSPS) is 11.5. The van der Waals surface area contributed by atoms with Crippen molar-refractivity contribution in [3.8, 4) is 5.75 Å². The van der Waals surface area contributed by atoms with Crippen molar-refractivity contribution in [1.29, 1.82) is 0 Å². The summed E-state index contributed by atoms with van der Waals surface area (Å²) in [6.07, 6.45) is 4.28. The molecule has 152 valence electrons. The molecule has 1 aromatic heterocycles. The van der Waals surface area contributed by atoms with Gasteiger partial charge in [-0.1, -0.05) is 25.1 Å². The van der Waals surface area contributed by atoms with E-state index >= 15 is 0 Å². The Hall–Kier alpha value is -2.97. The largest absolute Gasteiger partial charge is 0.435 e. The molecular formula is C19H26F2N6O. The zero-order chi connectivity index (χ0) is 20.4. The van der Waals surface area contributed by atoms with Crippen LogP contribution in [0.5, 0.6) is 5.75 Å².